The van der Waals surface area contributed by atoms with Gasteiger partial charge in [0, 0.05) is 12.5 Å². The van der Waals surface area contributed by atoms with Crippen LogP contribution in [-0.4, -0.2) is 37.6 Å². The maximum absolute atomic E-state index is 10.9. The first-order valence-corrected chi connectivity index (χ1v) is 5.09. The third-order valence-corrected chi connectivity index (χ3v) is 2.42. The SMILES string of the molecule is COC(=O)CCC(N)C1COC(C)(C)O1. The molecule has 0 aromatic rings. The number of rotatable bonds is 4. The average Bonchev–Trinajstić information content (AvgIpc) is 2.54. The molecule has 1 saturated heterocycles. The minimum atomic E-state index is -0.562. The molecule has 0 amide bonds. The number of carbonyl (C=O) groups is 1. The van der Waals surface area contributed by atoms with E-state index in [1.54, 1.807) is 0 Å². The van der Waals surface area contributed by atoms with Crippen molar-refractivity contribution in [2.24, 2.45) is 5.73 Å². The van der Waals surface area contributed by atoms with Crippen LogP contribution in [-0.2, 0) is 19.0 Å². The summed E-state index contributed by atoms with van der Waals surface area (Å²) in [5.74, 6) is -0.809. The second-order valence-corrected chi connectivity index (χ2v) is 4.15. The Kier molecular flexibility index (Phi) is 4.07. The van der Waals surface area contributed by atoms with E-state index in [4.69, 9.17) is 15.2 Å². The lowest BCUT2D eigenvalue weighted by Crippen LogP contribution is -2.38. The van der Waals surface area contributed by atoms with Gasteiger partial charge in [-0.05, 0) is 20.3 Å². The molecule has 2 N–H and O–H groups in total. The summed E-state index contributed by atoms with van der Waals surface area (Å²) < 4.78 is 15.5. The summed E-state index contributed by atoms with van der Waals surface area (Å²) in [5.41, 5.74) is 5.89. The van der Waals surface area contributed by atoms with Crippen LogP contribution in [0.2, 0.25) is 0 Å². The lowest BCUT2D eigenvalue weighted by molar-refractivity contribution is -0.143. The van der Waals surface area contributed by atoms with Crippen LogP contribution in [0.1, 0.15) is 26.7 Å². The van der Waals surface area contributed by atoms with Crippen molar-refractivity contribution in [3.63, 3.8) is 0 Å². The number of hydrogen-bond donors (Lipinski definition) is 1. The minimum Gasteiger partial charge on any atom is -0.469 e. The van der Waals surface area contributed by atoms with Crippen molar-refractivity contribution >= 4 is 5.97 Å². The molecule has 0 spiro atoms. The van der Waals surface area contributed by atoms with Gasteiger partial charge in [-0.15, -0.1) is 0 Å². The van der Waals surface area contributed by atoms with E-state index < -0.39 is 5.79 Å². The highest BCUT2D eigenvalue weighted by molar-refractivity contribution is 5.69. The normalized spacial score (nSPS) is 26.3. The van der Waals surface area contributed by atoms with E-state index in [0.717, 1.165) is 0 Å². The average molecular weight is 217 g/mol. The monoisotopic (exact) mass is 217 g/mol. The van der Waals surface area contributed by atoms with Gasteiger partial charge in [0.05, 0.1) is 19.8 Å². The number of carbonyl (C=O) groups excluding carboxylic acids is 1. The van der Waals surface area contributed by atoms with Crippen LogP contribution in [0.15, 0.2) is 0 Å². The van der Waals surface area contributed by atoms with E-state index in [-0.39, 0.29) is 18.1 Å². The van der Waals surface area contributed by atoms with E-state index in [0.29, 0.717) is 19.4 Å². The van der Waals surface area contributed by atoms with Gasteiger partial charge in [-0.25, -0.2) is 0 Å². The van der Waals surface area contributed by atoms with Crippen molar-refractivity contribution < 1.29 is 19.0 Å². The molecule has 5 heteroatoms. The predicted octanol–water partition coefficient (Wildman–Crippen LogP) is 0.418. The van der Waals surface area contributed by atoms with Crippen LogP contribution in [0.25, 0.3) is 0 Å². The molecule has 5 nitrogen and oxygen atoms in total. The zero-order chi connectivity index (χ0) is 11.5. The van der Waals surface area contributed by atoms with Crippen molar-refractivity contribution in [3.05, 3.63) is 0 Å². The van der Waals surface area contributed by atoms with Crippen LogP contribution < -0.4 is 5.73 Å². The topological polar surface area (TPSA) is 70.8 Å². The van der Waals surface area contributed by atoms with Crippen LogP contribution >= 0.6 is 0 Å². The molecular weight excluding hydrogens is 198 g/mol. The molecule has 0 aromatic heterocycles. The summed E-state index contributed by atoms with van der Waals surface area (Å²) in [4.78, 5) is 10.9. The van der Waals surface area contributed by atoms with Gasteiger partial charge in [0.15, 0.2) is 5.79 Å². The molecule has 88 valence electrons. The van der Waals surface area contributed by atoms with Gasteiger partial charge in [0.1, 0.15) is 0 Å². The number of methoxy groups -OCH3 is 1. The lowest BCUT2D eigenvalue weighted by Gasteiger charge is -2.20. The number of hydrogen-bond acceptors (Lipinski definition) is 5. The lowest BCUT2D eigenvalue weighted by atomic mass is 10.1. The Morgan fingerprint density at radius 2 is 2.33 bits per heavy atom. The summed E-state index contributed by atoms with van der Waals surface area (Å²) in [5, 5.41) is 0. The highest BCUT2D eigenvalue weighted by Gasteiger charge is 2.35. The van der Waals surface area contributed by atoms with E-state index in [1.165, 1.54) is 7.11 Å². The summed E-state index contributed by atoms with van der Waals surface area (Å²) in [6.45, 7) is 4.18. The van der Waals surface area contributed by atoms with Gasteiger partial charge in [0.25, 0.3) is 0 Å². The molecule has 2 unspecified atom stereocenters. The molecule has 0 saturated carbocycles. The molecule has 15 heavy (non-hydrogen) atoms. The molecule has 2 atom stereocenters. The quantitative estimate of drug-likeness (QED) is 0.691. The van der Waals surface area contributed by atoms with Gasteiger partial charge in [-0.3, -0.25) is 4.79 Å². The smallest absolute Gasteiger partial charge is 0.305 e. The second-order valence-electron chi connectivity index (χ2n) is 4.15. The Hall–Kier alpha value is -0.650. The zero-order valence-electron chi connectivity index (χ0n) is 9.49. The van der Waals surface area contributed by atoms with E-state index >= 15 is 0 Å². The first-order chi connectivity index (χ1) is 6.94. The zero-order valence-corrected chi connectivity index (χ0v) is 9.49. The van der Waals surface area contributed by atoms with Crippen molar-refractivity contribution in [1.82, 2.24) is 0 Å². The van der Waals surface area contributed by atoms with E-state index in [9.17, 15) is 4.79 Å². The maximum Gasteiger partial charge on any atom is 0.305 e. The molecule has 0 aromatic carbocycles. The maximum atomic E-state index is 10.9. The molecule has 0 radical (unpaired) electrons. The number of esters is 1. The number of ether oxygens (including phenoxy) is 3. The van der Waals surface area contributed by atoms with Gasteiger partial charge < -0.3 is 19.9 Å². The highest BCUT2D eigenvalue weighted by Crippen LogP contribution is 2.24. The Balaban J connectivity index is 2.29. The molecule has 1 aliphatic heterocycles. The van der Waals surface area contributed by atoms with E-state index in [1.807, 2.05) is 13.8 Å². The van der Waals surface area contributed by atoms with Crippen LogP contribution in [0, 0.1) is 0 Å². The van der Waals surface area contributed by atoms with Gasteiger partial charge in [0.2, 0.25) is 0 Å². The van der Waals surface area contributed by atoms with Crippen molar-refractivity contribution in [2.75, 3.05) is 13.7 Å². The molecule has 0 bridgehead atoms. The van der Waals surface area contributed by atoms with E-state index in [2.05, 4.69) is 4.74 Å². The molecule has 1 heterocycles. The van der Waals surface area contributed by atoms with Crippen molar-refractivity contribution in [2.45, 2.75) is 44.6 Å². The summed E-state index contributed by atoms with van der Waals surface area (Å²) in [6, 6.07) is -0.189. The minimum absolute atomic E-state index is 0.135. The third-order valence-electron chi connectivity index (χ3n) is 2.42. The Morgan fingerprint density at radius 1 is 1.67 bits per heavy atom. The van der Waals surface area contributed by atoms with Crippen LogP contribution in [0.3, 0.4) is 0 Å². The summed E-state index contributed by atoms with van der Waals surface area (Å²) in [6.07, 6.45) is 0.735. The molecule has 1 fully saturated rings. The van der Waals surface area contributed by atoms with Gasteiger partial charge >= 0.3 is 5.97 Å². The Bertz CT molecular complexity index is 229. The van der Waals surface area contributed by atoms with Gasteiger partial charge in [-0.2, -0.15) is 0 Å². The standard InChI is InChI=1S/C10H19NO4/c1-10(2)14-6-8(15-10)7(11)4-5-9(12)13-3/h7-8H,4-6,11H2,1-3H3. The number of nitrogens with two attached hydrogens (primary N) is 1. The van der Waals surface area contributed by atoms with Crippen molar-refractivity contribution in [1.29, 1.82) is 0 Å². The first kappa shape index (κ1) is 12.4. The van der Waals surface area contributed by atoms with Crippen LogP contribution in [0.4, 0.5) is 0 Å². The first-order valence-electron chi connectivity index (χ1n) is 5.09. The largest absolute Gasteiger partial charge is 0.469 e. The fraction of sp³-hybridized carbons (Fsp3) is 0.900. The third kappa shape index (κ3) is 3.77. The predicted molar refractivity (Wildman–Crippen MR) is 54.1 cm³/mol. The Labute approximate surface area is 89.9 Å². The fourth-order valence-electron chi connectivity index (χ4n) is 1.50. The second kappa shape index (κ2) is 4.92. The molecule has 0 aliphatic carbocycles. The van der Waals surface area contributed by atoms with Crippen LogP contribution in [0.5, 0.6) is 0 Å². The molecule has 1 rings (SSSR count). The fourth-order valence-corrected chi connectivity index (χ4v) is 1.50. The summed E-state index contributed by atoms with van der Waals surface area (Å²) >= 11 is 0. The Morgan fingerprint density at radius 3 is 2.80 bits per heavy atom. The van der Waals surface area contributed by atoms with Crippen molar-refractivity contribution in [3.8, 4) is 0 Å². The van der Waals surface area contributed by atoms with Gasteiger partial charge in [-0.1, -0.05) is 0 Å². The summed E-state index contributed by atoms with van der Waals surface area (Å²) in [7, 11) is 1.37. The molecule has 1 aliphatic rings. The molecular formula is C10H19NO4. The highest BCUT2D eigenvalue weighted by atomic mass is 16.7.